The number of hydrogen-bond donors (Lipinski definition) is 3. The van der Waals surface area contributed by atoms with Crippen molar-refractivity contribution in [1.82, 2.24) is 10.6 Å². The highest BCUT2D eigenvalue weighted by Crippen LogP contribution is 2.22. The standard InChI is InChI=1S/C17H20ClN3O2S/c1-10-6-11(2)16(12(3)7-10)21-15(22)9-20-17(23)19-8-13-4-5-14(18)24-13/h4-7H,8-9H2,1-3H3,(H,21,22)(H2,19,20,23). The highest BCUT2D eigenvalue weighted by atomic mass is 35.5. The predicted molar refractivity (Wildman–Crippen MR) is 98.9 cm³/mol. The van der Waals surface area contributed by atoms with E-state index in [4.69, 9.17) is 11.6 Å². The molecule has 0 fully saturated rings. The van der Waals surface area contributed by atoms with E-state index in [0.29, 0.717) is 10.9 Å². The van der Waals surface area contributed by atoms with Crippen molar-refractivity contribution < 1.29 is 9.59 Å². The molecule has 2 rings (SSSR count). The molecule has 0 saturated heterocycles. The Hall–Kier alpha value is -2.05. The summed E-state index contributed by atoms with van der Waals surface area (Å²) in [7, 11) is 0. The Morgan fingerprint density at radius 2 is 1.75 bits per heavy atom. The highest BCUT2D eigenvalue weighted by molar-refractivity contribution is 7.16. The molecule has 3 amide bonds. The van der Waals surface area contributed by atoms with Crippen molar-refractivity contribution in [2.75, 3.05) is 11.9 Å². The molecule has 128 valence electrons. The first-order valence-corrected chi connectivity index (χ1v) is 8.68. The average molecular weight is 366 g/mol. The molecule has 1 heterocycles. The van der Waals surface area contributed by atoms with Crippen LogP contribution in [0.2, 0.25) is 4.34 Å². The highest BCUT2D eigenvalue weighted by Gasteiger charge is 2.10. The number of carbonyl (C=O) groups excluding carboxylic acids is 2. The van der Waals surface area contributed by atoms with Crippen molar-refractivity contribution in [2.24, 2.45) is 0 Å². The van der Waals surface area contributed by atoms with Gasteiger partial charge in [-0.25, -0.2) is 4.79 Å². The first-order valence-electron chi connectivity index (χ1n) is 7.49. The van der Waals surface area contributed by atoms with Crippen LogP contribution < -0.4 is 16.0 Å². The van der Waals surface area contributed by atoms with Gasteiger partial charge in [0.25, 0.3) is 0 Å². The third kappa shape index (κ3) is 5.25. The Morgan fingerprint density at radius 1 is 1.08 bits per heavy atom. The normalized spacial score (nSPS) is 10.3. The van der Waals surface area contributed by atoms with Gasteiger partial charge in [-0.05, 0) is 44.0 Å². The minimum Gasteiger partial charge on any atom is -0.333 e. The molecule has 24 heavy (non-hydrogen) atoms. The molecule has 0 spiro atoms. The largest absolute Gasteiger partial charge is 0.333 e. The smallest absolute Gasteiger partial charge is 0.315 e. The number of halogens is 1. The van der Waals surface area contributed by atoms with Gasteiger partial charge in [-0.2, -0.15) is 0 Å². The van der Waals surface area contributed by atoms with Crippen LogP contribution in [0, 0.1) is 20.8 Å². The summed E-state index contributed by atoms with van der Waals surface area (Å²) in [6.07, 6.45) is 0. The van der Waals surface area contributed by atoms with Crippen molar-refractivity contribution in [3.05, 3.63) is 50.2 Å². The van der Waals surface area contributed by atoms with E-state index in [9.17, 15) is 9.59 Å². The van der Waals surface area contributed by atoms with Gasteiger partial charge < -0.3 is 16.0 Å². The molecule has 0 atom stereocenters. The van der Waals surface area contributed by atoms with Gasteiger partial charge in [-0.15, -0.1) is 11.3 Å². The lowest BCUT2D eigenvalue weighted by atomic mass is 10.1. The minimum atomic E-state index is -0.396. The van der Waals surface area contributed by atoms with Crippen molar-refractivity contribution in [3.8, 4) is 0 Å². The molecule has 2 aromatic rings. The molecule has 0 bridgehead atoms. The van der Waals surface area contributed by atoms with Crippen molar-refractivity contribution >= 4 is 40.6 Å². The second-order valence-electron chi connectivity index (χ2n) is 5.56. The Morgan fingerprint density at radius 3 is 2.33 bits per heavy atom. The summed E-state index contributed by atoms with van der Waals surface area (Å²) in [6, 6.07) is 7.25. The number of thiophene rings is 1. The van der Waals surface area contributed by atoms with E-state index in [1.54, 1.807) is 6.07 Å². The van der Waals surface area contributed by atoms with E-state index in [0.717, 1.165) is 27.3 Å². The van der Waals surface area contributed by atoms with Crippen molar-refractivity contribution in [1.29, 1.82) is 0 Å². The molecule has 0 aliphatic carbocycles. The Balaban J connectivity index is 1.79. The number of nitrogens with one attached hydrogen (secondary N) is 3. The van der Waals surface area contributed by atoms with E-state index in [1.165, 1.54) is 11.3 Å². The van der Waals surface area contributed by atoms with Gasteiger partial charge in [0.05, 0.1) is 17.4 Å². The molecule has 1 aromatic carbocycles. The molecular formula is C17H20ClN3O2S. The maximum Gasteiger partial charge on any atom is 0.315 e. The third-order valence-corrected chi connectivity index (χ3v) is 4.63. The van der Waals surface area contributed by atoms with Gasteiger partial charge in [-0.3, -0.25) is 4.79 Å². The Kier molecular flexibility index (Phi) is 6.23. The van der Waals surface area contributed by atoms with Crippen LogP contribution in [0.25, 0.3) is 0 Å². The van der Waals surface area contributed by atoms with Gasteiger partial charge in [0.1, 0.15) is 0 Å². The fourth-order valence-corrected chi connectivity index (χ4v) is 3.43. The number of carbonyl (C=O) groups is 2. The molecule has 5 nitrogen and oxygen atoms in total. The number of anilines is 1. The first kappa shape index (κ1) is 18.3. The molecule has 0 aliphatic heterocycles. The van der Waals surface area contributed by atoms with Gasteiger partial charge in [0.2, 0.25) is 5.91 Å². The Bertz CT molecular complexity index is 735. The quantitative estimate of drug-likeness (QED) is 0.754. The van der Waals surface area contributed by atoms with Gasteiger partial charge in [-0.1, -0.05) is 29.3 Å². The Labute approximate surface area is 150 Å². The van der Waals surface area contributed by atoms with E-state index in [-0.39, 0.29) is 12.5 Å². The maximum atomic E-state index is 12.0. The lowest BCUT2D eigenvalue weighted by molar-refractivity contribution is -0.115. The van der Waals surface area contributed by atoms with Crippen molar-refractivity contribution in [2.45, 2.75) is 27.3 Å². The minimum absolute atomic E-state index is 0.0935. The zero-order valence-corrected chi connectivity index (χ0v) is 15.4. The van der Waals surface area contributed by atoms with E-state index in [2.05, 4.69) is 16.0 Å². The summed E-state index contributed by atoms with van der Waals surface area (Å²) >= 11 is 7.23. The van der Waals surface area contributed by atoms with Crippen LogP contribution >= 0.6 is 22.9 Å². The summed E-state index contributed by atoms with van der Waals surface area (Å²) in [5.41, 5.74) is 3.94. The molecule has 0 unspecified atom stereocenters. The number of hydrogen-bond acceptors (Lipinski definition) is 3. The fourth-order valence-electron chi connectivity index (χ4n) is 2.40. The van der Waals surface area contributed by atoms with Crippen LogP contribution in [0.5, 0.6) is 0 Å². The van der Waals surface area contributed by atoms with E-state index >= 15 is 0 Å². The van der Waals surface area contributed by atoms with Crippen LogP contribution in [0.3, 0.4) is 0 Å². The molecule has 7 heteroatoms. The molecule has 0 aliphatic rings. The van der Waals surface area contributed by atoms with Crippen LogP contribution in [-0.4, -0.2) is 18.5 Å². The fraction of sp³-hybridized carbons (Fsp3) is 0.294. The number of rotatable bonds is 5. The van der Waals surface area contributed by atoms with Crippen molar-refractivity contribution in [3.63, 3.8) is 0 Å². The number of aryl methyl sites for hydroxylation is 3. The SMILES string of the molecule is Cc1cc(C)c(NC(=O)CNC(=O)NCc2ccc(Cl)s2)c(C)c1. The summed E-state index contributed by atoms with van der Waals surface area (Å²) in [5.74, 6) is -0.264. The third-order valence-electron chi connectivity index (χ3n) is 3.40. The van der Waals surface area contributed by atoms with E-state index < -0.39 is 6.03 Å². The lowest BCUT2D eigenvalue weighted by Gasteiger charge is -2.13. The maximum absolute atomic E-state index is 12.0. The monoisotopic (exact) mass is 365 g/mol. The molecule has 3 N–H and O–H groups in total. The van der Waals surface area contributed by atoms with Gasteiger partial charge >= 0.3 is 6.03 Å². The predicted octanol–water partition coefficient (Wildman–Crippen LogP) is 3.76. The zero-order valence-electron chi connectivity index (χ0n) is 13.8. The zero-order chi connectivity index (χ0) is 17.7. The summed E-state index contributed by atoms with van der Waals surface area (Å²) in [6.45, 7) is 6.19. The molecule has 0 saturated carbocycles. The lowest BCUT2D eigenvalue weighted by Crippen LogP contribution is -2.39. The first-order chi connectivity index (χ1) is 11.3. The second kappa shape index (κ2) is 8.17. The van der Waals surface area contributed by atoms with Crippen LogP contribution in [0.1, 0.15) is 21.6 Å². The number of amides is 3. The van der Waals surface area contributed by atoms with Gasteiger partial charge in [0, 0.05) is 10.6 Å². The molecular weight excluding hydrogens is 346 g/mol. The number of benzene rings is 1. The van der Waals surface area contributed by atoms with Crippen LogP contribution in [0.4, 0.5) is 10.5 Å². The molecule has 1 aromatic heterocycles. The summed E-state index contributed by atoms with van der Waals surface area (Å²) in [4.78, 5) is 24.7. The van der Waals surface area contributed by atoms with Crippen LogP contribution in [-0.2, 0) is 11.3 Å². The summed E-state index contributed by atoms with van der Waals surface area (Å²) in [5, 5.41) is 8.06. The number of urea groups is 1. The van der Waals surface area contributed by atoms with E-state index in [1.807, 2.05) is 39.0 Å². The topological polar surface area (TPSA) is 70.2 Å². The second-order valence-corrected chi connectivity index (χ2v) is 7.36. The van der Waals surface area contributed by atoms with Gasteiger partial charge in [0.15, 0.2) is 0 Å². The summed E-state index contributed by atoms with van der Waals surface area (Å²) < 4.78 is 0.676. The molecule has 0 radical (unpaired) electrons. The van der Waals surface area contributed by atoms with Crippen LogP contribution in [0.15, 0.2) is 24.3 Å². The average Bonchev–Trinajstić information content (AvgIpc) is 2.92.